The SMILES string of the molecule is COC(=O)CC1c2ccccc2S(=O)(=O)N1c1ccc(OCCN(C)C)cc1. The summed E-state index contributed by atoms with van der Waals surface area (Å²) in [6.45, 7) is 1.31. The quantitative estimate of drug-likeness (QED) is 0.660. The van der Waals surface area contributed by atoms with E-state index in [1.54, 1.807) is 48.5 Å². The van der Waals surface area contributed by atoms with Crippen LogP contribution in [0, 0.1) is 0 Å². The number of ether oxygens (including phenoxy) is 2. The Morgan fingerprint density at radius 1 is 1.11 bits per heavy atom. The minimum atomic E-state index is -3.77. The van der Waals surface area contributed by atoms with Crippen LogP contribution in [-0.2, 0) is 19.6 Å². The first-order valence-corrected chi connectivity index (χ1v) is 10.4. The summed E-state index contributed by atoms with van der Waals surface area (Å²) in [7, 11) is 1.45. The van der Waals surface area contributed by atoms with Gasteiger partial charge in [-0.3, -0.25) is 9.10 Å². The predicted molar refractivity (Wildman–Crippen MR) is 106 cm³/mol. The van der Waals surface area contributed by atoms with Crippen molar-refractivity contribution in [2.24, 2.45) is 0 Å². The second-order valence-corrected chi connectivity index (χ2v) is 8.56. The van der Waals surface area contributed by atoms with Gasteiger partial charge in [-0.25, -0.2) is 8.42 Å². The number of hydrogen-bond donors (Lipinski definition) is 0. The molecule has 3 rings (SSSR count). The molecule has 8 heteroatoms. The van der Waals surface area contributed by atoms with Crippen molar-refractivity contribution >= 4 is 21.7 Å². The van der Waals surface area contributed by atoms with Gasteiger partial charge in [-0.2, -0.15) is 0 Å². The molecule has 150 valence electrons. The summed E-state index contributed by atoms with van der Waals surface area (Å²) in [4.78, 5) is 14.2. The molecule has 0 fully saturated rings. The normalized spacial score (nSPS) is 17.4. The number of rotatable bonds is 7. The zero-order chi connectivity index (χ0) is 20.3. The van der Waals surface area contributed by atoms with Crippen molar-refractivity contribution < 1.29 is 22.7 Å². The fourth-order valence-corrected chi connectivity index (χ4v) is 5.07. The van der Waals surface area contributed by atoms with Gasteiger partial charge in [0.15, 0.2) is 0 Å². The number of likely N-dealkylation sites (N-methyl/N-ethyl adjacent to an activating group) is 1. The van der Waals surface area contributed by atoms with Crippen LogP contribution >= 0.6 is 0 Å². The number of fused-ring (bicyclic) bond motifs is 1. The van der Waals surface area contributed by atoms with E-state index in [2.05, 4.69) is 0 Å². The maximum absolute atomic E-state index is 13.1. The number of benzene rings is 2. The Labute approximate surface area is 165 Å². The molecular weight excluding hydrogens is 380 g/mol. The lowest BCUT2D eigenvalue weighted by atomic mass is 10.0. The van der Waals surface area contributed by atoms with Crippen LogP contribution in [0.3, 0.4) is 0 Å². The van der Waals surface area contributed by atoms with Crippen molar-refractivity contribution in [3.05, 3.63) is 54.1 Å². The number of nitrogens with zero attached hydrogens (tertiary/aromatic N) is 2. The number of esters is 1. The van der Waals surface area contributed by atoms with E-state index in [0.29, 0.717) is 23.6 Å². The maximum atomic E-state index is 13.1. The maximum Gasteiger partial charge on any atom is 0.307 e. The molecule has 0 aromatic heterocycles. The van der Waals surface area contributed by atoms with Crippen molar-refractivity contribution in [2.75, 3.05) is 38.7 Å². The minimum absolute atomic E-state index is 0.0617. The standard InChI is InChI=1S/C20H24N2O5S/c1-21(2)12-13-27-16-10-8-15(9-11-16)22-18(14-20(23)26-3)17-6-4-5-7-19(17)28(22,24)25/h4-11,18H,12-14H2,1-3H3. The van der Waals surface area contributed by atoms with Crippen LogP contribution in [-0.4, -0.2) is 53.6 Å². The van der Waals surface area contributed by atoms with Crippen LogP contribution in [0.1, 0.15) is 18.0 Å². The summed E-state index contributed by atoms with van der Waals surface area (Å²) in [6, 6.07) is 13.0. The lowest BCUT2D eigenvalue weighted by Gasteiger charge is -2.25. The molecule has 0 amide bonds. The van der Waals surface area contributed by atoms with Crippen LogP contribution in [0.15, 0.2) is 53.4 Å². The molecule has 0 aliphatic carbocycles. The third-order valence-corrected chi connectivity index (χ3v) is 6.49. The van der Waals surface area contributed by atoms with Gasteiger partial charge in [0.05, 0.1) is 30.2 Å². The molecule has 1 unspecified atom stereocenters. The lowest BCUT2D eigenvalue weighted by molar-refractivity contribution is -0.141. The van der Waals surface area contributed by atoms with E-state index >= 15 is 0 Å². The van der Waals surface area contributed by atoms with Crippen molar-refractivity contribution in [2.45, 2.75) is 17.4 Å². The van der Waals surface area contributed by atoms with Gasteiger partial charge in [-0.15, -0.1) is 0 Å². The van der Waals surface area contributed by atoms with Gasteiger partial charge in [-0.1, -0.05) is 18.2 Å². The number of carbonyl (C=O) groups excluding carboxylic acids is 1. The van der Waals surface area contributed by atoms with E-state index in [1.165, 1.54) is 11.4 Å². The summed E-state index contributed by atoms with van der Waals surface area (Å²) < 4.78 is 38.0. The summed E-state index contributed by atoms with van der Waals surface area (Å²) in [6.07, 6.45) is -0.0617. The van der Waals surface area contributed by atoms with Crippen molar-refractivity contribution in [3.63, 3.8) is 0 Å². The highest BCUT2D eigenvalue weighted by molar-refractivity contribution is 7.93. The average molecular weight is 404 g/mol. The van der Waals surface area contributed by atoms with Crippen LogP contribution < -0.4 is 9.04 Å². The van der Waals surface area contributed by atoms with Crippen molar-refractivity contribution in [1.82, 2.24) is 4.90 Å². The summed E-state index contributed by atoms with van der Waals surface area (Å²) in [5.74, 6) is 0.190. The molecule has 7 nitrogen and oxygen atoms in total. The van der Waals surface area contributed by atoms with Gasteiger partial charge in [0.1, 0.15) is 12.4 Å². The first-order valence-electron chi connectivity index (χ1n) is 8.92. The molecular formula is C20H24N2O5S. The molecule has 2 aromatic rings. The number of hydrogen-bond acceptors (Lipinski definition) is 6. The van der Waals surface area contributed by atoms with E-state index in [4.69, 9.17) is 9.47 Å². The average Bonchev–Trinajstić information content (AvgIpc) is 2.89. The van der Waals surface area contributed by atoms with Gasteiger partial charge in [0.25, 0.3) is 10.0 Å². The van der Waals surface area contributed by atoms with Gasteiger partial charge in [0.2, 0.25) is 0 Å². The molecule has 0 spiro atoms. The fraction of sp³-hybridized carbons (Fsp3) is 0.350. The zero-order valence-corrected chi connectivity index (χ0v) is 17.0. The highest BCUT2D eigenvalue weighted by atomic mass is 32.2. The zero-order valence-electron chi connectivity index (χ0n) is 16.2. The van der Waals surface area contributed by atoms with E-state index in [0.717, 1.165) is 6.54 Å². The van der Waals surface area contributed by atoms with Crippen LogP contribution in [0.2, 0.25) is 0 Å². The van der Waals surface area contributed by atoms with Gasteiger partial charge >= 0.3 is 5.97 Å². The van der Waals surface area contributed by atoms with E-state index in [1.807, 2.05) is 19.0 Å². The third-order valence-electron chi connectivity index (χ3n) is 4.58. The lowest BCUT2D eigenvalue weighted by Crippen LogP contribution is -2.29. The third kappa shape index (κ3) is 3.98. The second-order valence-electron chi connectivity index (χ2n) is 6.78. The second kappa shape index (κ2) is 8.20. The monoisotopic (exact) mass is 404 g/mol. The predicted octanol–water partition coefficient (Wildman–Crippen LogP) is 2.44. The van der Waals surface area contributed by atoms with Gasteiger partial charge < -0.3 is 14.4 Å². The minimum Gasteiger partial charge on any atom is -0.492 e. The molecule has 28 heavy (non-hydrogen) atoms. The molecule has 0 saturated carbocycles. The Kier molecular flexibility index (Phi) is 5.90. The number of sulfonamides is 1. The number of carbonyl (C=O) groups is 1. The smallest absolute Gasteiger partial charge is 0.307 e. The summed E-state index contributed by atoms with van der Waals surface area (Å²) in [5.41, 5.74) is 1.07. The Balaban J connectivity index is 1.91. The van der Waals surface area contributed by atoms with E-state index < -0.39 is 22.0 Å². The number of anilines is 1. The first-order chi connectivity index (χ1) is 13.3. The number of methoxy groups -OCH3 is 1. The molecule has 2 aromatic carbocycles. The highest BCUT2D eigenvalue weighted by Gasteiger charge is 2.43. The molecule has 0 saturated heterocycles. The summed E-state index contributed by atoms with van der Waals surface area (Å²) in [5, 5.41) is 0. The summed E-state index contributed by atoms with van der Waals surface area (Å²) >= 11 is 0. The van der Waals surface area contributed by atoms with E-state index in [-0.39, 0.29) is 11.3 Å². The fourth-order valence-electron chi connectivity index (χ4n) is 3.18. The molecule has 1 aliphatic rings. The Hall–Kier alpha value is -2.58. The molecule has 1 aliphatic heterocycles. The van der Waals surface area contributed by atoms with Crippen LogP contribution in [0.4, 0.5) is 5.69 Å². The molecule has 1 heterocycles. The topological polar surface area (TPSA) is 76.2 Å². The first kappa shape index (κ1) is 20.2. The molecule has 0 N–H and O–H groups in total. The van der Waals surface area contributed by atoms with E-state index in [9.17, 15) is 13.2 Å². The van der Waals surface area contributed by atoms with Crippen LogP contribution in [0.25, 0.3) is 0 Å². The van der Waals surface area contributed by atoms with Gasteiger partial charge in [0, 0.05) is 6.54 Å². The largest absolute Gasteiger partial charge is 0.492 e. The Morgan fingerprint density at radius 2 is 1.79 bits per heavy atom. The highest BCUT2D eigenvalue weighted by Crippen LogP contribution is 2.44. The molecule has 0 bridgehead atoms. The molecule has 1 atom stereocenters. The Bertz CT molecular complexity index is 941. The Morgan fingerprint density at radius 3 is 2.43 bits per heavy atom. The van der Waals surface area contributed by atoms with Crippen molar-refractivity contribution in [3.8, 4) is 5.75 Å². The van der Waals surface area contributed by atoms with Crippen LogP contribution in [0.5, 0.6) is 5.75 Å². The van der Waals surface area contributed by atoms with Gasteiger partial charge in [-0.05, 0) is 50.0 Å². The molecule has 0 radical (unpaired) electrons. The van der Waals surface area contributed by atoms with Crippen molar-refractivity contribution in [1.29, 1.82) is 0 Å².